The second-order valence-corrected chi connectivity index (χ2v) is 6.02. The zero-order valence-electron chi connectivity index (χ0n) is 6.69. The van der Waals surface area contributed by atoms with Gasteiger partial charge in [0.1, 0.15) is 0 Å². The molecule has 0 saturated carbocycles. The van der Waals surface area contributed by atoms with Crippen LogP contribution in [-0.2, 0) is 20.9 Å². The Morgan fingerprint density at radius 3 is 2.09 bits per heavy atom. The van der Waals surface area contributed by atoms with E-state index in [9.17, 15) is 0 Å². The second kappa shape index (κ2) is 3.78. The van der Waals surface area contributed by atoms with Gasteiger partial charge in [0.2, 0.25) is 0 Å². The molecule has 0 aromatic rings. The first-order valence-electron chi connectivity index (χ1n) is 3.37. The Hall–Kier alpha value is 0.270. The summed E-state index contributed by atoms with van der Waals surface area (Å²) in [4.78, 5) is 0. The second-order valence-electron chi connectivity index (χ2n) is 2.38. The van der Waals surface area contributed by atoms with Crippen molar-refractivity contribution in [3.05, 3.63) is 12.2 Å². The summed E-state index contributed by atoms with van der Waals surface area (Å²) in [6.07, 6.45) is 3.86. The average molecular weight is 193 g/mol. The molecule has 64 valence electrons. The van der Waals surface area contributed by atoms with Crippen molar-refractivity contribution in [2.45, 2.75) is 0 Å². The third kappa shape index (κ3) is 2.36. The molecule has 0 aromatic carbocycles. The van der Waals surface area contributed by atoms with E-state index in [1.165, 1.54) is 0 Å². The van der Waals surface area contributed by atoms with E-state index < -0.39 is 6.64 Å². The van der Waals surface area contributed by atoms with Gasteiger partial charge >= 0.3 is 0 Å². The van der Waals surface area contributed by atoms with Crippen LogP contribution in [0.1, 0.15) is 0 Å². The minimum absolute atomic E-state index is 0.565. The van der Waals surface area contributed by atoms with Crippen LogP contribution < -0.4 is 0 Å². The molecule has 0 unspecified atom stereocenters. The first-order valence-corrected chi connectivity index (χ1v) is 5.96. The zero-order chi connectivity index (χ0) is 8.32. The van der Waals surface area contributed by atoms with Crippen LogP contribution in [0.25, 0.3) is 0 Å². The van der Waals surface area contributed by atoms with Gasteiger partial charge in [0, 0.05) is 0 Å². The average Bonchev–Trinajstić information content (AvgIpc) is 2.15. The van der Waals surface area contributed by atoms with Crippen molar-refractivity contribution in [2.75, 3.05) is 27.3 Å². The van der Waals surface area contributed by atoms with Crippen LogP contribution in [0.3, 0.4) is 0 Å². The molecule has 5 heteroatoms. The largest absolute Gasteiger partial charge is 0.314 e. The molecule has 1 aliphatic rings. The van der Waals surface area contributed by atoms with Crippen molar-refractivity contribution in [3.63, 3.8) is 0 Å². The fourth-order valence-electron chi connectivity index (χ4n) is 0.679. The normalized spacial score (nSPS) is 23.5. The van der Waals surface area contributed by atoms with Crippen LogP contribution in [0.5, 0.6) is 0 Å². The fourth-order valence-corrected chi connectivity index (χ4v) is 2.13. The van der Waals surface area contributed by atoms with E-state index >= 15 is 0 Å². The van der Waals surface area contributed by atoms with Crippen molar-refractivity contribution in [3.8, 4) is 0 Å². The summed E-state index contributed by atoms with van der Waals surface area (Å²) in [5.41, 5.74) is 0. The van der Waals surface area contributed by atoms with E-state index in [0.717, 1.165) is 0 Å². The maximum atomic E-state index is 5.39. The standard InChI is InChI=1S/C6H12NO2PS/c1-7(2)10(11)8-5-3-4-6-9-10/h3-4H,5-6H2,1-2H3. The molecule has 0 radical (unpaired) electrons. The summed E-state index contributed by atoms with van der Waals surface area (Å²) in [5.74, 6) is 0. The van der Waals surface area contributed by atoms with Crippen LogP contribution in [-0.4, -0.2) is 32.0 Å². The van der Waals surface area contributed by atoms with Crippen molar-refractivity contribution in [1.29, 1.82) is 0 Å². The summed E-state index contributed by atoms with van der Waals surface area (Å²) >= 11 is 5.22. The number of rotatable bonds is 1. The summed E-state index contributed by atoms with van der Waals surface area (Å²) in [6.45, 7) is -0.995. The van der Waals surface area contributed by atoms with E-state index in [4.69, 9.17) is 20.9 Å². The van der Waals surface area contributed by atoms with Gasteiger partial charge in [0.25, 0.3) is 6.64 Å². The van der Waals surface area contributed by atoms with Crippen LogP contribution in [0.15, 0.2) is 12.2 Å². The highest BCUT2D eigenvalue weighted by molar-refractivity contribution is 8.08. The minimum atomic E-state index is -2.12. The van der Waals surface area contributed by atoms with Gasteiger partial charge in [-0.05, 0) is 25.9 Å². The van der Waals surface area contributed by atoms with Crippen molar-refractivity contribution in [2.24, 2.45) is 0 Å². The molecule has 0 aromatic heterocycles. The first kappa shape index (κ1) is 9.36. The van der Waals surface area contributed by atoms with Crippen LogP contribution in [0.4, 0.5) is 0 Å². The smallest absolute Gasteiger partial charge is 0.264 e. The van der Waals surface area contributed by atoms with Gasteiger partial charge in [-0.3, -0.25) is 0 Å². The van der Waals surface area contributed by atoms with Crippen molar-refractivity contribution < 1.29 is 9.05 Å². The Bertz CT molecular complexity index is 191. The summed E-state index contributed by atoms with van der Waals surface area (Å²) in [6, 6.07) is 0. The highest BCUT2D eigenvalue weighted by Gasteiger charge is 2.22. The lowest BCUT2D eigenvalue weighted by Crippen LogP contribution is -2.12. The quantitative estimate of drug-likeness (QED) is 0.463. The predicted octanol–water partition coefficient (Wildman–Crippen LogP) is 1.38. The van der Waals surface area contributed by atoms with E-state index in [1.54, 1.807) is 0 Å². The summed E-state index contributed by atoms with van der Waals surface area (Å²) in [7, 11) is 3.76. The Morgan fingerprint density at radius 2 is 1.73 bits per heavy atom. The van der Waals surface area contributed by atoms with Gasteiger partial charge in [-0.25, -0.2) is 4.67 Å². The molecule has 0 spiro atoms. The lowest BCUT2D eigenvalue weighted by molar-refractivity contribution is 0.262. The first-order chi connectivity index (χ1) is 5.15. The fraction of sp³-hybridized carbons (Fsp3) is 0.667. The molecule has 11 heavy (non-hydrogen) atoms. The lowest BCUT2D eigenvalue weighted by atomic mass is 10.5. The molecule has 1 heterocycles. The Balaban J connectivity index is 2.65. The predicted molar refractivity (Wildman–Crippen MR) is 49.0 cm³/mol. The van der Waals surface area contributed by atoms with E-state index in [0.29, 0.717) is 13.2 Å². The molecule has 0 amide bonds. The van der Waals surface area contributed by atoms with Gasteiger partial charge < -0.3 is 9.05 Å². The zero-order valence-corrected chi connectivity index (χ0v) is 8.40. The van der Waals surface area contributed by atoms with E-state index in [-0.39, 0.29) is 0 Å². The van der Waals surface area contributed by atoms with Crippen LogP contribution >= 0.6 is 6.64 Å². The minimum Gasteiger partial charge on any atom is -0.314 e. The molecule has 1 aliphatic heterocycles. The van der Waals surface area contributed by atoms with Gasteiger partial charge in [0.15, 0.2) is 0 Å². The molecular weight excluding hydrogens is 181 g/mol. The van der Waals surface area contributed by atoms with Crippen molar-refractivity contribution >= 4 is 18.4 Å². The summed E-state index contributed by atoms with van der Waals surface area (Å²) in [5, 5.41) is 0. The summed E-state index contributed by atoms with van der Waals surface area (Å²) < 4.78 is 12.6. The molecular formula is C6H12NO2PS. The van der Waals surface area contributed by atoms with Gasteiger partial charge in [-0.1, -0.05) is 12.2 Å². The van der Waals surface area contributed by atoms with Gasteiger partial charge in [-0.15, -0.1) is 0 Å². The van der Waals surface area contributed by atoms with E-state index in [2.05, 4.69) is 0 Å². The monoisotopic (exact) mass is 193 g/mol. The Kier molecular flexibility index (Phi) is 3.22. The molecule has 1 rings (SSSR count). The van der Waals surface area contributed by atoms with Crippen LogP contribution in [0, 0.1) is 0 Å². The van der Waals surface area contributed by atoms with E-state index in [1.807, 2.05) is 30.9 Å². The highest BCUT2D eigenvalue weighted by Crippen LogP contribution is 2.50. The molecule has 0 fully saturated rings. The molecule has 0 saturated heterocycles. The Morgan fingerprint density at radius 1 is 1.27 bits per heavy atom. The topological polar surface area (TPSA) is 21.7 Å². The van der Waals surface area contributed by atoms with Crippen LogP contribution in [0.2, 0.25) is 0 Å². The third-order valence-corrected chi connectivity index (χ3v) is 4.87. The maximum absolute atomic E-state index is 5.39. The highest BCUT2D eigenvalue weighted by atomic mass is 32.5. The third-order valence-electron chi connectivity index (χ3n) is 1.32. The SMILES string of the molecule is CN(C)P1(=S)OCC=CCO1. The van der Waals surface area contributed by atoms with Crippen molar-refractivity contribution in [1.82, 2.24) is 4.67 Å². The van der Waals surface area contributed by atoms with Gasteiger partial charge in [0.05, 0.1) is 13.2 Å². The molecule has 0 aliphatic carbocycles. The number of hydrogen-bond acceptors (Lipinski definition) is 3. The Labute approximate surface area is 72.2 Å². The number of nitrogens with zero attached hydrogens (tertiary/aromatic N) is 1. The lowest BCUT2D eigenvalue weighted by Gasteiger charge is -2.25. The van der Waals surface area contributed by atoms with Gasteiger partial charge in [-0.2, -0.15) is 0 Å². The molecule has 0 bridgehead atoms. The molecule has 0 N–H and O–H groups in total. The maximum Gasteiger partial charge on any atom is 0.264 e. The molecule has 3 nitrogen and oxygen atoms in total. The molecule has 0 atom stereocenters. The number of hydrogen-bond donors (Lipinski definition) is 0.